The molecule has 9 nitrogen and oxygen atoms in total. The summed E-state index contributed by atoms with van der Waals surface area (Å²) in [4.78, 5) is 33.1. The zero-order valence-electron chi connectivity index (χ0n) is 28.8. The number of amides is 1. The number of carbonyl (C=O) groups is 2. The van der Waals surface area contributed by atoms with Crippen molar-refractivity contribution >= 4 is 62.7 Å². The zero-order chi connectivity index (χ0) is 35.6. The first-order valence-corrected chi connectivity index (χ1v) is 17.3. The van der Waals surface area contributed by atoms with Gasteiger partial charge in [-0.25, -0.2) is 9.78 Å². The normalized spacial score (nSPS) is 14.5. The highest BCUT2D eigenvalue weighted by atomic mass is 35.5. The second kappa shape index (κ2) is 12.8. The quantitative estimate of drug-likeness (QED) is 0.158. The average Bonchev–Trinajstić information content (AvgIpc) is 3.55. The Balaban J connectivity index is 1.35. The first-order chi connectivity index (χ1) is 23.9. The van der Waals surface area contributed by atoms with Gasteiger partial charge in [-0.05, 0) is 107 Å². The number of rotatable bonds is 8. The van der Waals surface area contributed by atoms with Gasteiger partial charge < -0.3 is 14.4 Å². The van der Waals surface area contributed by atoms with E-state index in [4.69, 9.17) is 38.0 Å². The fraction of sp³-hybridized carbons (Fsp3) is 0.282. The number of carboxylic acid groups (broad SMARTS) is 1. The van der Waals surface area contributed by atoms with Crippen molar-refractivity contribution in [2.45, 2.75) is 53.5 Å². The molecule has 0 fully saturated rings. The van der Waals surface area contributed by atoms with Crippen molar-refractivity contribution in [3.8, 4) is 16.9 Å². The Morgan fingerprint density at radius 2 is 1.72 bits per heavy atom. The van der Waals surface area contributed by atoms with E-state index in [1.807, 2.05) is 63.7 Å². The van der Waals surface area contributed by atoms with Crippen molar-refractivity contribution in [2.24, 2.45) is 7.05 Å². The Kier molecular flexibility index (Phi) is 8.60. The predicted molar refractivity (Wildman–Crippen MR) is 198 cm³/mol. The number of pyridine rings is 1. The minimum absolute atomic E-state index is 0.146. The minimum atomic E-state index is -1.03. The zero-order valence-corrected chi connectivity index (χ0v) is 30.3. The van der Waals surface area contributed by atoms with Crippen molar-refractivity contribution in [3.05, 3.63) is 104 Å². The van der Waals surface area contributed by atoms with E-state index in [1.54, 1.807) is 35.2 Å². The molecule has 0 bridgehead atoms. The van der Waals surface area contributed by atoms with Gasteiger partial charge in [0.2, 0.25) is 0 Å². The summed E-state index contributed by atoms with van der Waals surface area (Å²) in [7, 11) is 1.92. The number of carboxylic acids is 1. The summed E-state index contributed by atoms with van der Waals surface area (Å²) in [5, 5.41) is 17.2. The molecule has 256 valence electrons. The molecule has 6 aromatic rings. The van der Waals surface area contributed by atoms with Crippen molar-refractivity contribution in [1.29, 1.82) is 0 Å². The average molecular weight is 711 g/mol. The molecule has 0 unspecified atom stereocenters. The third-order valence-corrected chi connectivity index (χ3v) is 10.7. The topological polar surface area (TPSA) is 102 Å². The smallest absolute Gasteiger partial charge is 0.336 e. The molecule has 1 atom stereocenters. The largest absolute Gasteiger partial charge is 0.494 e. The van der Waals surface area contributed by atoms with Crippen molar-refractivity contribution in [3.63, 3.8) is 0 Å². The van der Waals surface area contributed by atoms with Crippen LogP contribution in [0.4, 0.5) is 5.82 Å². The molecule has 1 amide bonds. The molecule has 1 aliphatic heterocycles. The molecule has 0 aliphatic carbocycles. The van der Waals surface area contributed by atoms with Crippen molar-refractivity contribution < 1.29 is 19.4 Å². The molecule has 4 heterocycles. The summed E-state index contributed by atoms with van der Waals surface area (Å²) in [6.07, 6.45) is 1.24. The third-order valence-electron chi connectivity index (χ3n) is 9.79. The summed E-state index contributed by atoms with van der Waals surface area (Å²) in [6.45, 7) is 10.8. The molecule has 1 aliphatic rings. The lowest BCUT2D eigenvalue weighted by molar-refractivity contribution is 0.0698. The van der Waals surface area contributed by atoms with Crippen LogP contribution in [0.3, 0.4) is 0 Å². The number of carbonyl (C=O) groups excluding carboxylic acids is 1. The van der Waals surface area contributed by atoms with Crippen LogP contribution in [0.1, 0.15) is 68.3 Å². The molecule has 50 heavy (non-hydrogen) atoms. The second-order valence-corrected chi connectivity index (χ2v) is 13.9. The highest BCUT2D eigenvalue weighted by molar-refractivity contribution is 6.35. The summed E-state index contributed by atoms with van der Waals surface area (Å²) in [6, 6.07) is 16.1. The number of hydrogen-bond donors (Lipinski definition) is 1. The third kappa shape index (κ3) is 5.49. The Labute approximate surface area is 300 Å². The molecule has 1 N–H and O–H groups in total. The molecular formula is C39H37Cl2N5O4. The number of anilines is 1. The van der Waals surface area contributed by atoms with E-state index >= 15 is 0 Å². The molecule has 3 aromatic carbocycles. The van der Waals surface area contributed by atoms with Gasteiger partial charge in [0.05, 0.1) is 33.9 Å². The first kappa shape index (κ1) is 33.6. The molecule has 3 aromatic heterocycles. The predicted octanol–water partition coefficient (Wildman–Crippen LogP) is 9.06. The van der Waals surface area contributed by atoms with E-state index in [-0.39, 0.29) is 17.5 Å². The fourth-order valence-electron chi connectivity index (χ4n) is 7.41. The van der Waals surface area contributed by atoms with Crippen LogP contribution in [0.2, 0.25) is 10.0 Å². The number of aromatic nitrogens is 4. The van der Waals surface area contributed by atoms with Crippen LogP contribution < -0.4 is 9.64 Å². The maximum atomic E-state index is 14.8. The van der Waals surface area contributed by atoms with Crippen LogP contribution in [0.25, 0.3) is 32.9 Å². The van der Waals surface area contributed by atoms with E-state index in [0.29, 0.717) is 53.4 Å². The molecule has 0 radical (unpaired) electrons. The number of hydrogen-bond acceptors (Lipinski definition) is 5. The van der Waals surface area contributed by atoms with E-state index in [0.717, 1.165) is 60.9 Å². The molecule has 7 rings (SSSR count). The monoisotopic (exact) mass is 709 g/mol. The van der Waals surface area contributed by atoms with Gasteiger partial charge in [-0.2, -0.15) is 5.10 Å². The highest BCUT2D eigenvalue weighted by Gasteiger charge is 2.37. The molecule has 11 heteroatoms. The van der Waals surface area contributed by atoms with Crippen LogP contribution >= 0.6 is 23.2 Å². The second-order valence-electron chi connectivity index (χ2n) is 13.1. The highest BCUT2D eigenvalue weighted by Crippen LogP contribution is 2.45. The number of aryl methyl sites for hydroxylation is 5. The molecule has 0 saturated heterocycles. The van der Waals surface area contributed by atoms with E-state index in [1.165, 1.54) is 0 Å². The van der Waals surface area contributed by atoms with E-state index < -0.39 is 5.97 Å². The van der Waals surface area contributed by atoms with Gasteiger partial charge in [-0.15, -0.1) is 0 Å². The number of fused-ring (bicyclic) bond motifs is 4. The van der Waals surface area contributed by atoms with E-state index in [2.05, 4.69) is 11.5 Å². The van der Waals surface area contributed by atoms with E-state index in [9.17, 15) is 14.7 Å². The standard InChI is InChI=1S/C39H37Cl2N5O4/c1-20-17-25(18-21(2)35(20)41)50-16-8-10-27-28-12-14-30(40)34(33-23(4)43-44(6)24(33)5)36(28)46-22(3)19-45(38(47)37(27)46)32-15-13-26-29(39(48)49)9-7-11-31(26)42-32/h7,9,11-15,17-18,22H,8,10,16,19H2,1-6H3,(H,48,49)/t22-/m1/s1. The lowest BCUT2D eigenvalue weighted by atomic mass is 9.98. The molecule has 0 spiro atoms. The van der Waals surface area contributed by atoms with Gasteiger partial charge in [-0.1, -0.05) is 35.3 Å². The first-order valence-electron chi connectivity index (χ1n) is 16.6. The van der Waals surface area contributed by atoms with Gasteiger partial charge in [0.15, 0.2) is 0 Å². The summed E-state index contributed by atoms with van der Waals surface area (Å²) in [5.41, 5.74) is 8.66. The summed E-state index contributed by atoms with van der Waals surface area (Å²) >= 11 is 13.4. The SMILES string of the molecule is Cc1cc(OCCCc2c3n(c4c(-c5c(C)nn(C)c5C)c(Cl)ccc24)[C@H](C)CN(c2ccc4c(C(=O)O)cccc4n2)C3=O)cc(C)c1Cl. The van der Waals surface area contributed by atoms with Crippen LogP contribution in [0.5, 0.6) is 5.75 Å². The van der Waals surface area contributed by atoms with Gasteiger partial charge in [0.25, 0.3) is 5.91 Å². The van der Waals surface area contributed by atoms with Gasteiger partial charge in [-0.3, -0.25) is 14.4 Å². The van der Waals surface area contributed by atoms with Crippen LogP contribution in [0, 0.1) is 27.7 Å². The Bertz CT molecular complexity index is 2350. The fourth-order valence-corrected chi connectivity index (χ4v) is 7.76. The van der Waals surface area contributed by atoms with Crippen LogP contribution in [-0.2, 0) is 13.5 Å². The summed E-state index contributed by atoms with van der Waals surface area (Å²) < 4.78 is 10.2. The maximum Gasteiger partial charge on any atom is 0.336 e. The lowest BCUT2D eigenvalue weighted by Crippen LogP contribution is -2.43. The minimum Gasteiger partial charge on any atom is -0.494 e. The van der Waals surface area contributed by atoms with Gasteiger partial charge in [0, 0.05) is 52.3 Å². The summed E-state index contributed by atoms with van der Waals surface area (Å²) in [5.74, 6) is 0.0189. The van der Waals surface area contributed by atoms with Crippen molar-refractivity contribution in [2.75, 3.05) is 18.1 Å². The maximum absolute atomic E-state index is 14.8. The number of halogens is 2. The van der Waals surface area contributed by atoms with Crippen LogP contribution in [0.15, 0.2) is 54.6 Å². The van der Waals surface area contributed by atoms with Crippen molar-refractivity contribution in [1.82, 2.24) is 19.3 Å². The van der Waals surface area contributed by atoms with Crippen LogP contribution in [-0.4, -0.2) is 49.5 Å². The number of benzene rings is 3. The number of ether oxygens (including phenoxy) is 1. The Morgan fingerprint density at radius 1 is 1.00 bits per heavy atom. The lowest BCUT2D eigenvalue weighted by Gasteiger charge is -2.33. The Hall–Kier alpha value is -4.86. The van der Waals surface area contributed by atoms with Gasteiger partial charge >= 0.3 is 5.97 Å². The molecule has 0 saturated carbocycles. The van der Waals surface area contributed by atoms with Gasteiger partial charge in [0.1, 0.15) is 17.3 Å². The molecular weight excluding hydrogens is 673 g/mol. The number of nitrogens with zero attached hydrogens (tertiary/aromatic N) is 5. The Morgan fingerprint density at radius 3 is 2.40 bits per heavy atom. The number of aromatic carboxylic acids is 1.